The molecule has 5 heteroatoms. The quantitative estimate of drug-likeness (QED) is 0.934. The highest BCUT2D eigenvalue weighted by Gasteiger charge is 2.38. The van der Waals surface area contributed by atoms with Crippen molar-refractivity contribution in [3.05, 3.63) is 53.7 Å². The Morgan fingerprint density at radius 3 is 2.71 bits per heavy atom. The molecule has 1 aliphatic heterocycles. The van der Waals surface area contributed by atoms with E-state index >= 15 is 0 Å². The molecule has 1 aliphatic rings. The van der Waals surface area contributed by atoms with Crippen molar-refractivity contribution in [3.8, 4) is 0 Å². The molecule has 2 aromatic heterocycles. The normalized spacial score (nSPS) is 22.5. The number of carbonyl (C=O) groups is 1. The number of nitrogens with zero attached hydrogens (tertiary/aromatic N) is 2. The third-order valence-corrected chi connectivity index (χ3v) is 4.02. The van der Waals surface area contributed by atoms with Gasteiger partial charge in [0.25, 0.3) is 0 Å². The summed E-state index contributed by atoms with van der Waals surface area (Å²) in [5.41, 5.74) is 1.04. The molecule has 2 atom stereocenters. The largest absolute Gasteiger partial charge is 0.481 e. The van der Waals surface area contributed by atoms with Crippen LogP contribution in [0.3, 0.4) is 0 Å². The molecule has 0 unspecified atom stereocenters. The fraction of sp³-hybridized carbons (Fsp3) is 0.375. The van der Waals surface area contributed by atoms with Crippen LogP contribution in [0.2, 0.25) is 0 Å². The van der Waals surface area contributed by atoms with Crippen LogP contribution >= 0.6 is 0 Å². The molecule has 2 aromatic rings. The van der Waals surface area contributed by atoms with Crippen LogP contribution in [0.15, 0.2) is 41.1 Å². The van der Waals surface area contributed by atoms with E-state index in [0.717, 1.165) is 23.6 Å². The molecule has 0 aromatic carbocycles. The van der Waals surface area contributed by atoms with E-state index in [1.165, 1.54) is 0 Å². The lowest BCUT2D eigenvalue weighted by atomic mass is 9.90. The van der Waals surface area contributed by atoms with Gasteiger partial charge in [0.2, 0.25) is 0 Å². The van der Waals surface area contributed by atoms with Gasteiger partial charge in [0.15, 0.2) is 0 Å². The molecule has 110 valence electrons. The molecule has 3 heterocycles. The molecule has 1 saturated heterocycles. The molecule has 0 radical (unpaired) electrons. The van der Waals surface area contributed by atoms with Gasteiger partial charge in [-0.05, 0) is 36.8 Å². The summed E-state index contributed by atoms with van der Waals surface area (Å²) in [5.74, 6) is 0.636. The molecule has 1 N–H and O–H groups in total. The van der Waals surface area contributed by atoms with Crippen molar-refractivity contribution >= 4 is 5.97 Å². The Hall–Kier alpha value is -2.14. The molecular formula is C16H18N2O3. The summed E-state index contributed by atoms with van der Waals surface area (Å²) >= 11 is 0. The minimum Gasteiger partial charge on any atom is -0.481 e. The number of pyridine rings is 1. The molecule has 21 heavy (non-hydrogen) atoms. The maximum Gasteiger partial charge on any atom is 0.308 e. The molecule has 1 fully saturated rings. The van der Waals surface area contributed by atoms with Crippen molar-refractivity contribution in [2.24, 2.45) is 5.92 Å². The first kappa shape index (κ1) is 13.8. The minimum absolute atomic E-state index is 0.00144. The highest BCUT2D eigenvalue weighted by molar-refractivity contribution is 5.72. The SMILES string of the molecule is Cc1ccc(CN2C[C@H](C(=O)O)[C@@H](c3ccncc3)C2)o1. The highest BCUT2D eigenvalue weighted by Crippen LogP contribution is 2.33. The van der Waals surface area contributed by atoms with E-state index in [0.29, 0.717) is 13.1 Å². The van der Waals surface area contributed by atoms with Crippen molar-refractivity contribution in [2.75, 3.05) is 13.1 Å². The first-order valence-electron chi connectivity index (χ1n) is 7.04. The fourth-order valence-corrected chi connectivity index (χ4v) is 3.00. The molecule has 0 spiro atoms. The first-order valence-corrected chi connectivity index (χ1v) is 7.04. The zero-order valence-electron chi connectivity index (χ0n) is 11.9. The number of rotatable bonds is 4. The highest BCUT2D eigenvalue weighted by atomic mass is 16.4. The van der Waals surface area contributed by atoms with Crippen molar-refractivity contribution in [2.45, 2.75) is 19.4 Å². The van der Waals surface area contributed by atoms with Gasteiger partial charge in [0, 0.05) is 31.4 Å². The van der Waals surface area contributed by atoms with E-state index in [9.17, 15) is 9.90 Å². The van der Waals surface area contributed by atoms with E-state index in [1.54, 1.807) is 12.4 Å². The molecule has 0 saturated carbocycles. The summed E-state index contributed by atoms with van der Waals surface area (Å²) < 4.78 is 5.58. The molecule has 0 aliphatic carbocycles. The van der Waals surface area contributed by atoms with E-state index in [-0.39, 0.29) is 11.8 Å². The number of likely N-dealkylation sites (tertiary alicyclic amines) is 1. The van der Waals surface area contributed by atoms with Gasteiger partial charge < -0.3 is 9.52 Å². The maximum absolute atomic E-state index is 11.5. The van der Waals surface area contributed by atoms with Crippen LogP contribution in [0, 0.1) is 12.8 Å². The van der Waals surface area contributed by atoms with Crippen molar-refractivity contribution in [1.29, 1.82) is 0 Å². The zero-order chi connectivity index (χ0) is 14.8. The van der Waals surface area contributed by atoms with E-state index < -0.39 is 5.97 Å². The monoisotopic (exact) mass is 286 g/mol. The Kier molecular flexibility index (Phi) is 3.75. The van der Waals surface area contributed by atoms with Gasteiger partial charge in [0.05, 0.1) is 12.5 Å². The average Bonchev–Trinajstić information content (AvgIpc) is 3.07. The van der Waals surface area contributed by atoms with E-state index in [4.69, 9.17) is 4.42 Å². The summed E-state index contributed by atoms with van der Waals surface area (Å²) in [4.78, 5) is 17.7. The number of hydrogen-bond donors (Lipinski definition) is 1. The predicted octanol–water partition coefficient (Wildman–Crippen LogP) is 2.28. The van der Waals surface area contributed by atoms with Gasteiger partial charge in [0.1, 0.15) is 11.5 Å². The Morgan fingerprint density at radius 2 is 2.10 bits per heavy atom. The molecule has 3 rings (SSSR count). The van der Waals surface area contributed by atoms with Crippen LogP contribution in [0.4, 0.5) is 0 Å². The number of aliphatic carboxylic acids is 1. The third-order valence-electron chi connectivity index (χ3n) is 4.02. The molecule has 0 amide bonds. The Balaban J connectivity index is 1.76. The van der Waals surface area contributed by atoms with Crippen LogP contribution in [-0.4, -0.2) is 34.0 Å². The van der Waals surface area contributed by atoms with Gasteiger partial charge in [-0.15, -0.1) is 0 Å². The predicted molar refractivity (Wildman–Crippen MR) is 76.8 cm³/mol. The van der Waals surface area contributed by atoms with Crippen LogP contribution in [0.25, 0.3) is 0 Å². The van der Waals surface area contributed by atoms with Gasteiger partial charge >= 0.3 is 5.97 Å². The minimum atomic E-state index is -0.741. The average molecular weight is 286 g/mol. The van der Waals surface area contributed by atoms with Crippen LogP contribution in [0.1, 0.15) is 23.0 Å². The van der Waals surface area contributed by atoms with Crippen molar-refractivity contribution in [1.82, 2.24) is 9.88 Å². The van der Waals surface area contributed by atoms with Gasteiger partial charge in [-0.25, -0.2) is 0 Å². The number of carboxylic acids is 1. The Labute approximate surface area is 123 Å². The number of furan rings is 1. The van der Waals surface area contributed by atoms with Crippen LogP contribution < -0.4 is 0 Å². The summed E-state index contributed by atoms with van der Waals surface area (Å²) in [6.07, 6.45) is 3.43. The second-order valence-electron chi connectivity index (χ2n) is 5.54. The first-order chi connectivity index (χ1) is 10.1. The smallest absolute Gasteiger partial charge is 0.308 e. The van der Waals surface area contributed by atoms with Crippen LogP contribution in [0.5, 0.6) is 0 Å². The lowest BCUT2D eigenvalue weighted by Gasteiger charge is -2.15. The lowest BCUT2D eigenvalue weighted by molar-refractivity contribution is -0.141. The summed E-state index contributed by atoms with van der Waals surface area (Å²) in [7, 11) is 0. The maximum atomic E-state index is 11.5. The van der Waals surface area contributed by atoms with Gasteiger partial charge in [-0.1, -0.05) is 0 Å². The number of hydrogen-bond acceptors (Lipinski definition) is 4. The van der Waals surface area contributed by atoms with Crippen LogP contribution in [-0.2, 0) is 11.3 Å². The third kappa shape index (κ3) is 2.97. The van der Waals surface area contributed by atoms with Gasteiger partial charge in [-0.3, -0.25) is 14.7 Å². The fourth-order valence-electron chi connectivity index (χ4n) is 3.00. The topological polar surface area (TPSA) is 66.6 Å². The molecule has 5 nitrogen and oxygen atoms in total. The summed E-state index contributed by atoms with van der Waals surface area (Å²) in [6, 6.07) is 7.69. The molecule has 0 bridgehead atoms. The van der Waals surface area contributed by atoms with Gasteiger partial charge in [-0.2, -0.15) is 0 Å². The second kappa shape index (κ2) is 5.69. The standard InChI is InChI=1S/C16H18N2O3/c1-11-2-3-13(21-11)8-18-9-14(15(10-18)16(19)20)12-4-6-17-7-5-12/h2-7,14-15H,8-10H2,1H3,(H,19,20)/t14-,15+/m1/s1. The number of aromatic nitrogens is 1. The van der Waals surface area contributed by atoms with Crippen molar-refractivity contribution < 1.29 is 14.3 Å². The second-order valence-corrected chi connectivity index (χ2v) is 5.54. The zero-order valence-corrected chi connectivity index (χ0v) is 11.9. The summed E-state index contributed by atoms with van der Waals surface area (Å²) in [5, 5.41) is 9.47. The van der Waals surface area contributed by atoms with E-state index in [1.807, 2.05) is 31.2 Å². The summed E-state index contributed by atoms with van der Waals surface area (Å²) in [6.45, 7) is 3.83. The Bertz CT molecular complexity index is 623. The number of carboxylic acid groups (broad SMARTS) is 1. The van der Waals surface area contributed by atoms with E-state index in [2.05, 4.69) is 9.88 Å². The Morgan fingerprint density at radius 1 is 1.33 bits per heavy atom. The van der Waals surface area contributed by atoms with Crippen molar-refractivity contribution in [3.63, 3.8) is 0 Å². The number of aryl methyl sites for hydroxylation is 1. The molecular weight excluding hydrogens is 268 g/mol. The lowest BCUT2D eigenvalue weighted by Crippen LogP contribution is -2.23.